The lowest BCUT2D eigenvalue weighted by atomic mass is 9.79. The Morgan fingerprint density at radius 3 is 1.68 bits per heavy atom. The topological polar surface area (TPSA) is 12.4 Å². The molecule has 0 saturated heterocycles. The molecule has 0 spiro atoms. The summed E-state index contributed by atoms with van der Waals surface area (Å²) in [4.78, 5) is 4.60. The Labute approximate surface area is 135 Å². The van der Waals surface area contributed by atoms with Gasteiger partial charge >= 0.3 is 0 Å². The van der Waals surface area contributed by atoms with Crippen molar-refractivity contribution in [1.82, 2.24) is 0 Å². The first-order valence-electron chi connectivity index (χ1n) is 7.91. The summed E-state index contributed by atoms with van der Waals surface area (Å²) in [5.41, 5.74) is 5.14. The van der Waals surface area contributed by atoms with E-state index in [2.05, 4.69) is 64.7 Å². The molecule has 0 bridgehead atoms. The molecule has 0 aromatic heterocycles. The highest BCUT2D eigenvalue weighted by atomic mass is 14.7. The highest BCUT2D eigenvalue weighted by Gasteiger charge is 2.20. The number of para-hydroxylation sites is 1. The van der Waals surface area contributed by atoms with E-state index in [0.29, 0.717) is 0 Å². The molecule has 1 heteroatoms. The number of rotatable bonds is 2. The van der Waals surface area contributed by atoms with Crippen molar-refractivity contribution in [2.24, 2.45) is 4.99 Å². The summed E-state index contributed by atoms with van der Waals surface area (Å²) in [5.74, 6) is 0. The molecule has 0 radical (unpaired) electrons. The molecule has 0 heterocycles. The van der Waals surface area contributed by atoms with Crippen molar-refractivity contribution in [3.63, 3.8) is 0 Å². The summed E-state index contributed by atoms with van der Waals surface area (Å²) < 4.78 is 0. The molecular formula is C21H27N. The number of hydrogen-bond donors (Lipinski definition) is 0. The van der Waals surface area contributed by atoms with E-state index in [4.69, 9.17) is 0 Å². The average molecular weight is 293 g/mol. The van der Waals surface area contributed by atoms with Crippen LogP contribution in [0.25, 0.3) is 0 Å². The lowest BCUT2D eigenvalue weighted by molar-refractivity contribution is 0.568. The van der Waals surface area contributed by atoms with Crippen molar-refractivity contribution in [2.45, 2.75) is 52.4 Å². The van der Waals surface area contributed by atoms with Crippen LogP contribution in [0.3, 0.4) is 0 Å². The fraction of sp³-hybridized carbons (Fsp3) is 0.381. The monoisotopic (exact) mass is 293 g/mol. The Hall–Kier alpha value is -1.89. The molecule has 0 fully saturated rings. The van der Waals surface area contributed by atoms with E-state index in [1.807, 2.05) is 36.5 Å². The molecule has 116 valence electrons. The van der Waals surface area contributed by atoms with E-state index in [9.17, 15) is 0 Å². The normalized spacial score (nSPS) is 12.8. The lowest BCUT2D eigenvalue weighted by Crippen LogP contribution is -2.17. The zero-order chi connectivity index (χ0) is 16.4. The average Bonchev–Trinajstić information content (AvgIpc) is 2.44. The first-order chi connectivity index (χ1) is 10.2. The second-order valence-corrected chi connectivity index (χ2v) is 7.94. The zero-order valence-electron chi connectivity index (χ0n) is 14.6. The SMILES string of the molecule is CC(C)(C)c1cc(/C=N/c2ccccc2)cc(C(C)(C)C)c1. The molecule has 0 saturated carbocycles. The Morgan fingerprint density at radius 2 is 1.23 bits per heavy atom. The summed E-state index contributed by atoms with van der Waals surface area (Å²) in [6, 6.07) is 16.9. The van der Waals surface area contributed by atoms with Crippen LogP contribution < -0.4 is 0 Å². The second-order valence-electron chi connectivity index (χ2n) is 7.94. The van der Waals surface area contributed by atoms with Crippen molar-refractivity contribution in [2.75, 3.05) is 0 Å². The second kappa shape index (κ2) is 6.08. The fourth-order valence-electron chi connectivity index (χ4n) is 2.26. The van der Waals surface area contributed by atoms with Crippen molar-refractivity contribution in [3.05, 3.63) is 65.2 Å². The van der Waals surface area contributed by atoms with Gasteiger partial charge in [-0.3, -0.25) is 4.99 Å². The molecule has 0 N–H and O–H groups in total. The molecule has 22 heavy (non-hydrogen) atoms. The van der Waals surface area contributed by atoms with Crippen LogP contribution in [-0.4, -0.2) is 6.21 Å². The maximum Gasteiger partial charge on any atom is 0.0629 e. The Balaban J connectivity index is 2.45. The van der Waals surface area contributed by atoms with Gasteiger partial charge in [-0.2, -0.15) is 0 Å². The lowest BCUT2D eigenvalue weighted by Gasteiger charge is -2.25. The summed E-state index contributed by atoms with van der Waals surface area (Å²) >= 11 is 0. The van der Waals surface area contributed by atoms with Crippen molar-refractivity contribution >= 4 is 11.9 Å². The quantitative estimate of drug-likeness (QED) is 0.599. The molecule has 0 amide bonds. The molecule has 0 atom stereocenters. The van der Waals surface area contributed by atoms with Gasteiger partial charge in [0, 0.05) is 6.21 Å². The molecule has 2 aromatic carbocycles. The minimum Gasteiger partial charge on any atom is -0.256 e. The van der Waals surface area contributed by atoms with Gasteiger partial charge in [0.1, 0.15) is 0 Å². The Kier molecular flexibility index (Phi) is 4.55. The van der Waals surface area contributed by atoms with Crippen LogP contribution in [0.4, 0.5) is 5.69 Å². The van der Waals surface area contributed by atoms with Gasteiger partial charge in [-0.1, -0.05) is 65.8 Å². The van der Waals surface area contributed by atoms with Crippen molar-refractivity contribution < 1.29 is 0 Å². The van der Waals surface area contributed by atoms with Crippen LogP contribution >= 0.6 is 0 Å². The summed E-state index contributed by atoms with van der Waals surface area (Å²) in [5, 5.41) is 0. The maximum absolute atomic E-state index is 4.60. The van der Waals surface area contributed by atoms with Gasteiger partial charge in [0.2, 0.25) is 0 Å². The smallest absolute Gasteiger partial charge is 0.0629 e. The first kappa shape index (κ1) is 16.5. The third kappa shape index (κ3) is 4.30. The minimum atomic E-state index is 0.136. The molecule has 1 nitrogen and oxygen atoms in total. The van der Waals surface area contributed by atoms with E-state index in [-0.39, 0.29) is 10.8 Å². The van der Waals surface area contributed by atoms with Crippen LogP contribution in [-0.2, 0) is 10.8 Å². The summed E-state index contributed by atoms with van der Waals surface area (Å²) in [6.45, 7) is 13.5. The Bertz CT molecular complexity index is 620. The highest BCUT2D eigenvalue weighted by molar-refractivity contribution is 5.82. The predicted octanol–water partition coefficient (Wildman–Crippen LogP) is 6.03. The van der Waals surface area contributed by atoms with Gasteiger partial charge in [0.15, 0.2) is 0 Å². The molecular weight excluding hydrogens is 266 g/mol. The van der Waals surface area contributed by atoms with Gasteiger partial charge in [0.25, 0.3) is 0 Å². The van der Waals surface area contributed by atoms with Gasteiger partial charge in [0.05, 0.1) is 5.69 Å². The zero-order valence-corrected chi connectivity index (χ0v) is 14.6. The molecule has 0 unspecified atom stereocenters. The van der Waals surface area contributed by atoms with E-state index in [0.717, 1.165) is 5.69 Å². The molecule has 0 aliphatic rings. The highest BCUT2D eigenvalue weighted by Crippen LogP contribution is 2.30. The number of hydrogen-bond acceptors (Lipinski definition) is 1. The van der Waals surface area contributed by atoms with Crippen LogP contribution in [0.15, 0.2) is 53.5 Å². The van der Waals surface area contributed by atoms with Gasteiger partial charge in [-0.05, 0) is 51.8 Å². The van der Waals surface area contributed by atoms with E-state index < -0.39 is 0 Å². The maximum atomic E-state index is 4.60. The standard InChI is InChI=1S/C21H27N/c1-20(2,3)17-12-16(13-18(14-17)21(4,5)6)15-22-19-10-8-7-9-11-19/h7-15H,1-6H3/b22-15+. The fourth-order valence-corrected chi connectivity index (χ4v) is 2.26. The summed E-state index contributed by atoms with van der Waals surface area (Å²) in [6.07, 6.45) is 1.97. The molecule has 2 aromatic rings. The largest absolute Gasteiger partial charge is 0.256 e. The van der Waals surface area contributed by atoms with E-state index in [1.165, 1.54) is 16.7 Å². The third-order valence-corrected chi connectivity index (χ3v) is 3.81. The molecule has 2 rings (SSSR count). The van der Waals surface area contributed by atoms with Crippen LogP contribution in [0.1, 0.15) is 58.2 Å². The van der Waals surface area contributed by atoms with Gasteiger partial charge in [-0.25, -0.2) is 0 Å². The van der Waals surface area contributed by atoms with Crippen molar-refractivity contribution in [1.29, 1.82) is 0 Å². The van der Waals surface area contributed by atoms with Crippen LogP contribution in [0.2, 0.25) is 0 Å². The number of benzene rings is 2. The van der Waals surface area contributed by atoms with Crippen molar-refractivity contribution in [3.8, 4) is 0 Å². The molecule has 0 aliphatic carbocycles. The third-order valence-electron chi connectivity index (χ3n) is 3.81. The van der Waals surface area contributed by atoms with Crippen LogP contribution in [0.5, 0.6) is 0 Å². The molecule has 0 aliphatic heterocycles. The Morgan fingerprint density at radius 1 is 0.727 bits per heavy atom. The minimum absolute atomic E-state index is 0.136. The number of nitrogens with zero attached hydrogens (tertiary/aromatic N) is 1. The summed E-state index contributed by atoms with van der Waals surface area (Å²) in [7, 11) is 0. The number of aliphatic imine (C=N–C) groups is 1. The first-order valence-corrected chi connectivity index (χ1v) is 7.91. The predicted molar refractivity (Wildman–Crippen MR) is 97.5 cm³/mol. The van der Waals surface area contributed by atoms with E-state index in [1.54, 1.807) is 0 Å². The van der Waals surface area contributed by atoms with E-state index >= 15 is 0 Å². The van der Waals surface area contributed by atoms with Gasteiger partial charge in [-0.15, -0.1) is 0 Å². The van der Waals surface area contributed by atoms with Gasteiger partial charge < -0.3 is 0 Å². The van der Waals surface area contributed by atoms with Crippen LogP contribution in [0, 0.1) is 0 Å².